The number of anilines is 2. The van der Waals surface area contributed by atoms with Crippen molar-refractivity contribution in [2.45, 2.75) is 25.7 Å². The van der Waals surface area contributed by atoms with Gasteiger partial charge in [0.1, 0.15) is 0 Å². The fourth-order valence-electron chi connectivity index (χ4n) is 2.59. The number of carbonyl (C=O) groups is 1. The number of rotatable bonds is 5. The van der Waals surface area contributed by atoms with Gasteiger partial charge in [0, 0.05) is 31.9 Å². The molecule has 110 valence electrons. The van der Waals surface area contributed by atoms with E-state index in [-0.39, 0.29) is 5.91 Å². The van der Waals surface area contributed by atoms with Gasteiger partial charge in [-0.15, -0.1) is 0 Å². The summed E-state index contributed by atoms with van der Waals surface area (Å²) in [7, 11) is 3.99. The van der Waals surface area contributed by atoms with Gasteiger partial charge in [-0.2, -0.15) is 0 Å². The summed E-state index contributed by atoms with van der Waals surface area (Å²) in [6.45, 7) is 2.18. The number of hydrogen-bond donors (Lipinski definition) is 2. The van der Waals surface area contributed by atoms with Gasteiger partial charge in [0.05, 0.1) is 0 Å². The maximum Gasteiger partial charge on any atom is 0.224 e. The molecule has 2 N–H and O–H groups in total. The molecule has 0 spiro atoms. The summed E-state index contributed by atoms with van der Waals surface area (Å²) in [6, 6.07) is 7.94. The average molecular weight is 275 g/mol. The number of benzene rings is 1. The molecule has 0 radical (unpaired) electrons. The van der Waals surface area contributed by atoms with Crippen LogP contribution in [0.3, 0.4) is 0 Å². The van der Waals surface area contributed by atoms with Crippen LogP contribution in [0.5, 0.6) is 0 Å². The molecule has 1 saturated heterocycles. The van der Waals surface area contributed by atoms with Gasteiger partial charge in [-0.25, -0.2) is 0 Å². The number of nitrogens with one attached hydrogen (secondary N) is 2. The first-order valence-corrected chi connectivity index (χ1v) is 7.43. The third-order valence-electron chi connectivity index (χ3n) is 3.82. The van der Waals surface area contributed by atoms with Crippen molar-refractivity contribution in [3.05, 3.63) is 24.3 Å². The SMILES string of the molecule is CN(C)c1cccc(NC(=O)CCC2CCCNC2)c1. The van der Waals surface area contributed by atoms with E-state index >= 15 is 0 Å². The van der Waals surface area contributed by atoms with E-state index in [4.69, 9.17) is 0 Å². The summed E-state index contributed by atoms with van der Waals surface area (Å²) >= 11 is 0. The van der Waals surface area contributed by atoms with Crippen molar-refractivity contribution in [2.24, 2.45) is 5.92 Å². The molecule has 1 unspecified atom stereocenters. The zero-order valence-corrected chi connectivity index (χ0v) is 12.5. The molecule has 1 aromatic rings. The Balaban J connectivity index is 1.80. The van der Waals surface area contributed by atoms with Gasteiger partial charge in [0.2, 0.25) is 5.91 Å². The molecular formula is C16H25N3O. The van der Waals surface area contributed by atoms with Gasteiger partial charge in [-0.3, -0.25) is 4.79 Å². The second-order valence-corrected chi connectivity index (χ2v) is 5.74. The number of nitrogens with zero attached hydrogens (tertiary/aromatic N) is 1. The van der Waals surface area contributed by atoms with Crippen molar-refractivity contribution in [3.63, 3.8) is 0 Å². The van der Waals surface area contributed by atoms with E-state index < -0.39 is 0 Å². The van der Waals surface area contributed by atoms with Gasteiger partial charge >= 0.3 is 0 Å². The van der Waals surface area contributed by atoms with Gasteiger partial charge in [-0.1, -0.05) is 6.07 Å². The maximum absolute atomic E-state index is 12.0. The lowest BCUT2D eigenvalue weighted by Crippen LogP contribution is -2.30. The first-order chi connectivity index (χ1) is 9.65. The molecule has 1 aliphatic rings. The molecule has 2 rings (SSSR count). The Morgan fingerprint density at radius 1 is 1.45 bits per heavy atom. The lowest BCUT2D eigenvalue weighted by molar-refractivity contribution is -0.116. The molecule has 0 aliphatic carbocycles. The molecule has 0 bridgehead atoms. The molecule has 0 saturated carbocycles. The van der Waals surface area contributed by atoms with Crippen LogP contribution in [0.25, 0.3) is 0 Å². The second kappa shape index (κ2) is 7.29. The van der Waals surface area contributed by atoms with Crippen molar-refractivity contribution >= 4 is 17.3 Å². The highest BCUT2D eigenvalue weighted by atomic mass is 16.1. The minimum absolute atomic E-state index is 0.117. The van der Waals surface area contributed by atoms with E-state index in [1.165, 1.54) is 12.8 Å². The minimum Gasteiger partial charge on any atom is -0.378 e. The van der Waals surface area contributed by atoms with Gasteiger partial charge in [0.25, 0.3) is 0 Å². The van der Waals surface area contributed by atoms with Gasteiger partial charge in [-0.05, 0) is 56.5 Å². The second-order valence-electron chi connectivity index (χ2n) is 5.74. The van der Waals surface area contributed by atoms with Crippen molar-refractivity contribution < 1.29 is 4.79 Å². The minimum atomic E-state index is 0.117. The topological polar surface area (TPSA) is 44.4 Å². The Hall–Kier alpha value is -1.55. The summed E-state index contributed by atoms with van der Waals surface area (Å²) in [5.74, 6) is 0.772. The largest absolute Gasteiger partial charge is 0.378 e. The lowest BCUT2D eigenvalue weighted by atomic mass is 9.94. The van der Waals surface area contributed by atoms with E-state index in [0.717, 1.165) is 30.9 Å². The van der Waals surface area contributed by atoms with Crippen molar-refractivity contribution in [1.29, 1.82) is 0 Å². The lowest BCUT2D eigenvalue weighted by Gasteiger charge is -2.22. The van der Waals surface area contributed by atoms with Crippen LogP contribution in [0.15, 0.2) is 24.3 Å². The third kappa shape index (κ3) is 4.53. The Kier molecular flexibility index (Phi) is 5.41. The third-order valence-corrected chi connectivity index (χ3v) is 3.82. The molecule has 1 atom stereocenters. The Bertz CT molecular complexity index is 439. The van der Waals surface area contributed by atoms with Crippen molar-refractivity contribution in [3.8, 4) is 0 Å². The van der Waals surface area contributed by atoms with E-state index in [1.54, 1.807) is 0 Å². The van der Waals surface area contributed by atoms with Crippen LogP contribution in [0.4, 0.5) is 11.4 Å². The predicted octanol–water partition coefficient (Wildman–Crippen LogP) is 2.47. The van der Waals surface area contributed by atoms with Crippen LogP contribution in [0.2, 0.25) is 0 Å². The molecule has 4 nitrogen and oxygen atoms in total. The van der Waals surface area contributed by atoms with Crippen LogP contribution < -0.4 is 15.5 Å². The zero-order chi connectivity index (χ0) is 14.4. The fourth-order valence-corrected chi connectivity index (χ4v) is 2.59. The number of amides is 1. The maximum atomic E-state index is 12.0. The van der Waals surface area contributed by atoms with E-state index in [9.17, 15) is 4.79 Å². The van der Waals surface area contributed by atoms with Crippen LogP contribution >= 0.6 is 0 Å². The van der Waals surface area contributed by atoms with Gasteiger partial charge < -0.3 is 15.5 Å². The van der Waals surface area contributed by atoms with Crippen LogP contribution in [0.1, 0.15) is 25.7 Å². The summed E-state index contributed by atoms with van der Waals surface area (Å²) in [5.41, 5.74) is 1.97. The molecule has 0 aromatic heterocycles. The Labute approximate surface area is 121 Å². The molecule has 4 heteroatoms. The normalized spacial score (nSPS) is 18.6. The summed E-state index contributed by atoms with van der Waals surface area (Å²) in [6.07, 6.45) is 4.07. The molecule has 1 heterocycles. The Morgan fingerprint density at radius 2 is 2.30 bits per heavy atom. The van der Waals surface area contributed by atoms with E-state index in [0.29, 0.717) is 12.3 Å². The average Bonchev–Trinajstić information content (AvgIpc) is 2.46. The number of hydrogen-bond acceptors (Lipinski definition) is 3. The number of piperidine rings is 1. The Morgan fingerprint density at radius 3 is 3.00 bits per heavy atom. The molecule has 1 aliphatic heterocycles. The molecule has 20 heavy (non-hydrogen) atoms. The predicted molar refractivity (Wildman–Crippen MR) is 84.2 cm³/mol. The van der Waals surface area contributed by atoms with Crippen molar-refractivity contribution in [1.82, 2.24) is 5.32 Å². The smallest absolute Gasteiger partial charge is 0.224 e. The molecule has 1 fully saturated rings. The van der Waals surface area contributed by atoms with Gasteiger partial charge in [0.15, 0.2) is 0 Å². The number of carbonyl (C=O) groups excluding carboxylic acids is 1. The van der Waals surface area contributed by atoms with Crippen LogP contribution in [-0.2, 0) is 4.79 Å². The molecule has 1 aromatic carbocycles. The molecular weight excluding hydrogens is 250 g/mol. The summed E-state index contributed by atoms with van der Waals surface area (Å²) < 4.78 is 0. The zero-order valence-electron chi connectivity index (χ0n) is 12.5. The summed E-state index contributed by atoms with van der Waals surface area (Å²) in [5, 5.41) is 6.38. The van der Waals surface area contributed by atoms with E-state index in [2.05, 4.69) is 10.6 Å². The highest BCUT2D eigenvalue weighted by molar-refractivity contribution is 5.91. The van der Waals surface area contributed by atoms with Crippen molar-refractivity contribution in [2.75, 3.05) is 37.4 Å². The van der Waals surface area contributed by atoms with Crippen LogP contribution in [-0.4, -0.2) is 33.1 Å². The first kappa shape index (κ1) is 14.9. The highest BCUT2D eigenvalue weighted by Crippen LogP contribution is 2.19. The first-order valence-electron chi connectivity index (χ1n) is 7.43. The monoisotopic (exact) mass is 275 g/mol. The van der Waals surface area contributed by atoms with Crippen LogP contribution in [0, 0.1) is 5.92 Å². The quantitative estimate of drug-likeness (QED) is 0.867. The standard InChI is InChI=1S/C16H25N3O/c1-19(2)15-7-3-6-14(11-15)18-16(20)9-8-13-5-4-10-17-12-13/h3,6-7,11,13,17H,4-5,8-10,12H2,1-2H3,(H,18,20). The summed E-state index contributed by atoms with van der Waals surface area (Å²) in [4.78, 5) is 14.0. The fraction of sp³-hybridized carbons (Fsp3) is 0.562. The highest BCUT2D eigenvalue weighted by Gasteiger charge is 2.14. The van der Waals surface area contributed by atoms with E-state index in [1.807, 2.05) is 43.3 Å². The molecule has 1 amide bonds.